The van der Waals surface area contributed by atoms with Crippen molar-refractivity contribution in [3.05, 3.63) is 105 Å². The molecule has 4 aromatic rings. The number of hydrogen-bond donors (Lipinski definition) is 3. The minimum absolute atomic E-state index is 0.445. The molecule has 0 saturated carbocycles. The number of aromatic amines is 2. The molecule has 3 aliphatic heterocycles. The number of aliphatic imine (C=N–C) groups is 1. The Balaban J connectivity index is 1.75. The van der Waals surface area contributed by atoms with Gasteiger partial charge in [-0.05, 0) is 161 Å². The minimum Gasteiger partial charge on any atom is -0.493 e. The van der Waals surface area contributed by atoms with Crippen molar-refractivity contribution in [3.63, 3.8) is 0 Å². The lowest BCUT2D eigenvalue weighted by Gasteiger charge is -2.21. The number of nitrogens with zero attached hydrogens (tertiary/aromatic N) is 1. The van der Waals surface area contributed by atoms with Crippen molar-refractivity contribution >= 4 is 155 Å². The van der Waals surface area contributed by atoms with Gasteiger partial charge in [0.2, 0.25) is 11.5 Å². The summed E-state index contributed by atoms with van der Waals surface area (Å²) in [6, 6.07) is 7.10. The van der Waals surface area contributed by atoms with Crippen LogP contribution in [0, 0.1) is 23.7 Å². The summed E-state index contributed by atoms with van der Waals surface area (Å²) in [4.78, 5) is 12.9. The molecule has 62 heavy (non-hydrogen) atoms. The molecule has 320 valence electrons. The summed E-state index contributed by atoms with van der Waals surface area (Å²) in [6.45, 7) is 3.58. The maximum absolute atomic E-state index is 5.87. The first-order chi connectivity index (χ1) is 29.7. The largest absolute Gasteiger partial charge is 0.493 e. The number of allylic oxidation sites excluding steroid dienone is 4. The Morgan fingerprint density at radius 2 is 1.05 bits per heavy atom. The van der Waals surface area contributed by atoms with E-state index in [0.717, 1.165) is 29.9 Å². The molecule has 2 aromatic heterocycles. The molecule has 0 radical (unpaired) electrons. The number of aromatic nitrogens is 2. The van der Waals surface area contributed by atoms with E-state index < -0.39 is 6.04 Å². The molecule has 18 heteroatoms. The van der Waals surface area contributed by atoms with Crippen LogP contribution in [0.15, 0.2) is 76.5 Å². The van der Waals surface area contributed by atoms with Gasteiger partial charge >= 0.3 is 0 Å². The molecule has 0 fully saturated rings. The van der Waals surface area contributed by atoms with Crippen LogP contribution in [-0.4, -0.2) is 64.4 Å². The predicted molar refractivity (Wildman–Crippen MR) is 274 cm³/mol. The highest BCUT2D eigenvalue weighted by Gasteiger charge is 2.37. The normalized spacial score (nSPS) is 18.8. The summed E-state index contributed by atoms with van der Waals surface area (Å²) in [5, 5.41) is 5.21. The number of rotatable bonds is 8. The highest BCUT2D eigenvalue weighted by atomic mass is 79.9. The monoisotopic (exact) mass is 1340 g/mol. The van der Waals surface area contributed by atoms with E-state index in [9.17, 15) is 0 Å². The van der Waals surface area contributed by atoms with Crippen molar-refractivity contribution in [2.24, 2.45) is 4.99 Å². The zero-order valence-electron chi connectivity index (χ0n) is 33.8. The molecule has 2 aromatic carbocycles. The molecule has 0 amide bonds. The van der Waals surface area contributed by atoms with E-state index in [1.165, 1.54) is 0 Å². The van der Waals surface area contributed by atoms with Crippen molar-refractivity contribution in [1.82, 2.24) is 15.3 Å². The number of hydrogen-bond acceptors (Lipinski definition) is 8. The number of methoxy groups -OCH3 is 6. The van der Waals surface area contributed by atoms with Gasteiger partial charge in [0, 0.05) is 15.6 Å². The summed E-state index contributed by atoms with van der Waals surface area (Å²) in [7, 11) is 9.49. The minimum atomic E-state index is -0.512. The average molecular weight is 1350 g/mol. The van der Waals surface area contributed by atoms with Gasteiger partial charge in [0.15, 0.2) is 23.0 Å². The van der Waals surface area contributed by atoms with Gasteiger partial charge in [0.05, 0.1) is 130 Å². The van der Waals surface area contributed by atoms with Gasteiger partial charge in [-0.15, -0.1) is 11.8 Å². The lowest BCUT2D eigenvalue weighted by Crippen LogP contribution is -2.31. The third kappa shape index (κ3) is 7.82. The summed E-state index contributed by atoms with van der Waals surface area (Å²) >= 11 is 31.6. The second-order valence-corrected chi connectivity index (χ2v) is 19.6. The van der Waals surface area contributed by atoms with Crippen LogP contribution < -0.4 is 44.4 Å². The second-order valence-electron chi connectivity index (χ2n) is 13.2. The second kappa shape index (κ2) is 19.2. The van der Waals surface area contributed by atoms with Gasteiger partial charge in [-0.2, -0.15) is 0 Å². The third-order valence-corrected chi connectivity index (χ3v) is 18.5. The van der Waals surface area contributed by atoms with E-state index in [2.05, 4.69) is 166 Å². The number of H-pyrrole nitrogens is 2. The Morgan fingerprint density at radius 1 is 0.548 bits per heavy atom. The molecular weight excluding hydrogens is 1320 g/mol. The quantitative estimate of drug-likeness (QED) is 0.151. The van der Waals surface area contributed by atoms with Gasteiger partial charge < -0.3 is 43.7 Å². The Hall–Kier alpha value is -3.07. The lowest BCUT2D eigenvalue weighted by atomic mass is 9.97. The maximum atomic E-state index is 5.87. The first-order valence-corrected chi connectivity index (χ1v) is 24.4. The van der Waals surface area contributed by atoms with Crippen molar-refractivity contribution in [2.75, 3.05) is 42.7 Å². The molecule has 3 N–H and O–H groups in total. The van der Waals surface area contributed by atoms with E-state index in [0.29, 0.717) is 113 Å². The summed E-state index contributed by atoms with van der Waals surface area (Å²) in [5.74, 6) is 15.8. The predicted octanol–water partition coefficient (Wildman–Crippen LogP) is 11.5. The number of ether oxygens (including phenoxy) is 6. The zero-order valence-corrected chi connectivity index (χ0v) is 46.5. The molecule has 8 bridgehead atoms. The summed E-state index contributed by atoms with van der Waals surface area (Å²) in [6.07, 6.45) is 0. The number of nitrogens with one attached hydrogen (secondary N) is 3. The molecule has 1 atom stereocenters. The molecule has 3 aliphatic rings. The number of fused-ring (bicyclic) bond motifs is 7. The van der Waals surface area contributed by atoms with Gasteiger partial charge in [-0.25, -0.2) is 4.99 Å². The van der Waals surface area contributed by atoms with Crippen LogP contribution in [-0.2, 0) is 0 Å². The van der Waals surface area contributed by atoms with Gasteiger partial charge in [-0.1, -0.05) is 27.8 Å². The third-order valence-electron chi connectivity index (χ3n) is 10.0. The van der Waals surface area contributed by atoms with E-state index in [1.807, 2.05) is 24.3 Å². The molecule has 5 heterocycles. The van der Waals surface area contributed by atoms with Crippen LogP contribution in [0.5, 0.6) is 34.5 Å². The van der Waals surface area contributed by atoms with E-state index in [4.69, 9.17) is 33.4 Å². The molecular formula is C44H32Br8N4O6. The van der Waals surface area contributed by atoms with Crippen molar-refractivity contribution in [1.29, 1.82) is 0 Å². The molecule has 10 nitrogen and oxygen atoms in total. The van der Waals surface area contributed by atoms with Gasteiger partial charge in [0.1, 0.15) is 0 Å². The summed E-state index contributed by atoms with van der Waals surface area (Å²) in [5.41, 5.74) is 7.45. The molecule has 0 aliphatic carbocycles. The molecule has 1 unspecified atom stereocenters. The van der Waals surface area contributed by atoms with Crippen LogP contribution >= 0.6 is 127 Å². The van der Waals surface area contributed by atoms with Gasteiger partial charge in [-0.3, -0.25) is 0 Å². The molecule has 7 rings (SSSR count). The summed E-state index contributed by atoms with van der Waals surface area (Å²) < 4.78 is 40.7. The highest BCUT2D eigenvalue weighted by Crippen LogP contribution is 2.51. The topological polar surface area (TPSA) is 111 Å². The van der Waals surface area contributed by atoms with E-state index in [-0.39, 0.29) is 0 Å². The zero-order chi connectivity index (χ0) is 44.9. The van der Waals surface area contributed by atoms with Gasteiger partial charge in [0.25, 0.3) is 0 Å². The van der Waals surface area contributed by atoms with Crippen LogP contribution in [0.2, 0.25) is 0 Å². The lowest BCUT2D eigenvalue weighted by molar-refractivity contribution is 0.324. The van der Waals surface area contributed by atoms with Crippen LogP contribution in [0.4, 0.5) is 0 Å². The standard InChI is InChI=1S/C44H32Br8N4O6/c1-9-11-19-35-27(45)31(49)39(53-35)25(17-13-21(57-3)43(61-7)22(14-17)58-4)41-33(51)29(47)37(55-41)20(12-10-2)38-30(48)34(52)42(56-38)26(40-32(50)28(46)36(19)54-40)18-15-23(59-5)44(62-8)24(16-18)60-6/h13-16,39,53-55H,1-8H3/b35-19-,37-20-,41-25-,42-26?. The van der Waals surface area contributed by atoms with Crippen molar-refractivity contribution in [2.45, 2.75) is 19.9 Å². The highest BCUT2D eigenvalue weighted by molar-refractivity contribution is 9.15. The fourth-order valence-corrected chi connectivity index (χ4v) is 11.3. The fourth-order valence-electron chi connectivity index (χ4n) is 7.31. The van der Waals surface area contributed by atoms with Crippen molar-refractivity contribution < 1.29 is 28.4 Å². The van der Waals surface area contributed by atoms with E-state index in [1.54, 1.807) is 56.5 Å². The average Bonchev–Trinajstić information content (AvgIpc) is 3.94. The molecule has 0 saturated heterocycles. The first-order valence-electron chi connectivity index (χ1n) is 18.1. The van der Waals surface area contributed by atoms with Crippen molar-refractivity contribution in [3.8, 4) is 58.2 Å². The number of halogens is 8. The van der Waals surface area contributed by atoms with E-state index >= 15 is 0 Å². The van der Waals surface area contributed by atoms with Crippen LogP contribution in [0.1, 0.15) is 36.4 Å². The van der Waals surface area contributed by atoms with Crippen LogP contribution in [0.25, 0.3) is 22.3 Å². The Labute approximate surface area is 425 Å². The molecule has 0 spiro atoms. The Kier molecular flexibility index (Phi) is 14.5. The fraction of sp³-hybridized carbons (Fsp3) is 0.205. The Morgan fingerprint density at radius 3 is 1.56 bits per heavy atom. The maximum Gasteiger partial charge on any atom is 0.203 e. The Bertz CT molecular complexity index is 2990. The smallest absolute Gasteiger partial charge is 0.203 e. The SMILES string of the molecule is CC#C/C1=C2/NC(C(Br)=C2Br)/C(c2cc(OC)c(OC)c(OC)c2)=c2\[nH]/c(c(Br)c2Br)=C(/C#CC)C2=NC(=C(c3cc(OC)c(OC)c(OC)c3)c3[nH]c1c(Br)c3Br)C(Br)=C2Br. The number of benzene rings is 2. The van der Waals surface area contributed by atoms with Crippen LogP contribution in [0.3, 0.4) is 0 Å². The first kappa shape index (κ1) is 46.9.